The van der Waals surface area contributed by atoms with Gasteiger partial charge in [-0.15, -0.1) is 0 Å². The largest absolute Gasteiger partial charge is 0.355 e. The predicted octanol–water partition coefficient (Wildman–Crippen LogP) is 3.98. The van der Waals surface area contributed by atoms with E-state index in [1.165, 1.54) is 11.8 Å². The van der Waals surface area contributed by atoms with Crippen LogP contribution < -0.4 is 10.5 Å². The third-order valence-corrected chi connectivity index (χ3v) is 8.09. The minimum absolute atomic E-state index is 0.134. The van der Waals surface area contributed by atoms with Crippen molar-refractivity contribution in [2.75, 3.05) is 38.1 Å². The number of piperazine rings is 1. The van der Waals surface area contributed by atoms with E-state index in [4.69, 9.17) is 12.2 Å². The van der Waals surface area contributed by atoms with Gasteiger partial charge in [-0.3, -0.25) is 19.1 Å². The number of nitrogens with zero attached hydrogens (tertiary/aromatic N) is 5. The Labute approximate surface area is 222 Å². The zero-order valence-electron chi connectivity index (χ0n) is 21.0. The highest BCUT2D eigenvalue weighted by atomic mass is 32.2. The van der Waals surface area contributed by atoms with Crippen LogP contribution in [0.1, 0.15) is 42.0 Å². The van der Waals surface area contributed by atoms with E-state index in [-0.39, 0.29) is 17.0 Å². The fourth-order valence-corrected chi connectivity index (χ4v) is 5.80. The summed E-state index contributed by atoms with van der Waals surface area (Å²) in [7, 11) is 2.09. The summed E-state index contributed by atoms with van der Waals surface area (Å²) in [4.78, 5) is 33.4. The van der Waals surface area contributed by atoms with Gasteiger partial charge >= 0.3 is 0 Å². The summed E-state index contributed by atoms with van der Waals surface area (Å²) >= 11 is 6.84. The molecule has 2 aliphatic rings. The minimum atomic E-state index is -0.258. The lowest BCUT2D eigenvalue weighted by Crippen LogP contribution is -2.47. The van der Waals surface area contributed by atoms with E-state index in [0.29, 0.717) is 27.9 Å². The van der Waals surface area contributed by atoms with E-state index >= 15 is 0 Å². The number of amides is 1. The maximum absolute atomic E-state index is 13.4. The quantitative estimate of drug-likeness (QED) is 0.403. The molecule has 188 valence electrons. The van der Waals surface area contributed by atoms with Gasteiger partial charge in [-0.1, -0.05) is 67.7 Å². The highest BCUT2D eigenvalue weighted by Crippen LogP contribution is 2.36. The van der Waals surface area contributed by atoms with Crippen LogP contribution >= 0.6 is 24.0 Å². The van der Waals surface area contributed by atoms with Gasteiger partial charge in [0.25, 0.3) is 11.5 Å². The standard InChI is InChI=1S/C27H31N5O2S2/c1-4-5-11-31-24(30-14-12-29(3)13-15-30)21(19(2)22(17-28)25(31)33)16-23-26(34)32(27(35)36-23)18-20-9-7-6-8-10-20/h6-10,16H,4-5,11-15,18H2,1-3H3/b23-16-. The number of pyridine rings is 1. The summed E-state index contributed by atoms with van der Waals surface area (Å²) in [6.07, 6.45) is 3.60. The van der Waals surface area contributed by atoms with Gasteiger partial charge in [0.1, 0.15) is 21.8 Å². The molecule has 0 unspecified atom stereocenters. The molecule has 0 aliphatic carbocycles. The van der Waals surface area contributed by atoms with E-state index < -0.39 is 0 Å². The molecule has 3 heterocycles. The van der Waals surface area contributed by atoms with Gasteiger partial charge in [-0.05, 0) is 37.6 Å². The number of aromatic nitrogens is 1. The number of benzene rings is 1. The molecule has 0 atom stereocenters. The molecular weight excluding hydrogens is 490 g/mol. The number of hydrogen-bond acceptors (Lipinski definition) is 7. The molecule has 4 rings (SSSR count). The summed E-state index contributed by atoms with van der Waals surface area (Å²) < 4.78 is 2.26. The topological polar surface area (TPSA) is 72.6 Å². The Morgan fingerprint density at radius 1 is 1.14 bits per heavy atom. The predicted molar refractivity (Wildman–Crippen MR) is 150 cm³/mol. The maximum Gasteiger partial charge on any atom is 0.270 e. The highest BCUT2D eigenvalue weighted by Gasteiger charge is 2.33. The lowest BCUT2D eigenvalue weighted by Gasteiger charge is -2.36. The smallest absolute Gasteiger partial charge is 0.270 e. The van der Waals surface area contributed by atoms with Gasteiger partial charge in [0.15, 0.2) is 0 Å². The molecule has 2 aliphatic heterocycles. The van der Waals surface area contributed by atoms with Gasteiger partial charge in [0, 0.05) is 38.3 Å². The van der Waals surface area contributed by atoms with Crippen molar-refractivity contribution >= 4 is 46.1 Å². The number of likely N-dealkylation sites (N-methyl/N-ethyl adjacent to an activating group) is 1. The first-order valence-corrected chi connectivity index (χ1v) is 13.5. The number of unbranched alkanes of at least 4 members (excludes halogenated alkanes) is 1. The molecular formula is C27H31N5O2S2. The Hall–Kier alpha value is -2.93. The van der Waals surface area contributed by atoms with E-state index in [1.54, 1.807) is 16.4 Å². The van der Waals surface area contributed by atoms with Gasteiger partial charge in [0.05, 0.1) is 11.4 Å². The van der Waals surface area contributed by atoms with Crippen LogP contribution in [0.15, 0.2) is 40.0 Å². The van der Waals surface area contributed by atoms with Crippen molar-refractivity contribution in [1.82, 2.24) is 14.4 Å². The van der Waals surface area contributed by atoms with Crippen LogP contribution in [0.25, 0.3) is 6.08 Å². The summed E-state index contributed by atoms with van der Waals surface area (Å²) in [5.41, 5.74) is 2.25. The number of hydrogen-bond donors (Lipinski definition) is 0. The molecule has 1 aromatic carbocycles. The number of thiocarbonyl (C=S) groups is 1. The van der Waals surface area contributed by atoms with Crippen molar-refractivity contribution in [2.45, 2.75) is 39.8 Å². The second-order valence-electron chi connectivity index (χ2n) is 9.20. The van der Waals surface area contributed by atoms with Crippen LogP contribution in [-0.4, -0.2) is 57.8 Å². The number of carbonyl (C=O) groups excluding carboxylic acids is 1. The minimum Gasteiger partial charge on any atom is -0.355 e. The second-order valence-corrected chi connectivity index (χ2v) is 10.9. The van der Waals surface area contributed by atoms with E-state index in [1.807, 2.05) is 36.4 Å². The fraction of sp³-hybridized carbons (Fsp3) is 0.407. The molecule has 9 heteroatoms. The molecule has 2 fully saturated rings. The molecule has 0 spiro atoms. The molecule has 2 aromatic rings. The van der Waals surface area contributed by atoms with Gasteiger partial charge in [-0.2, -0.15) is 5.26 Å². The first-order chi connectivity index (χ1) is 17.3. The maximum atomic E-state index is 13.4. The van der Waals surface area contributed by atoms with E-state index in [2.05, 4.69) is 29.8 Å². The normalized spacial score (nSPS) is 17.8. The van der Waals surface area contributed by atoms with E-state index in [0.717, 1.165) is 56.0 Å². The molecule has 0 N–H and O–H groups in total. The zero-order valence-corrected chi connectivity index (χ0v) is 22.6. The fourth-order valence-electron chi connectivity index (χ4n) is 4.56. The van der Waals surface area contributed by atoms with Crippen LogP contribution in [0, 0.1) is 18.3 Å². The Balaban J connectivity index is 1.82. The first kappa shape index (κ1) is 26.1. The number of nitriles is 1. The van der Waals surface area contributed by atoms with Crippen LogP contribution in [-0.2, 0) is 17.9 Å². The summed E-state index contributed by atoms with van der Waals surface area (Å²) in [5.74, 6) is 0.647. The Morgan fingerprint density at radius 3 is 2.47 bits per heavy atom. The van der Waals surface area contributed by atoms with Crippen molar-refractivity contribution in [3.8, 4) is 6.07 Å². The van der Waals surface area contributed by atoms with Crippen molar-refractivity contribution in [3.05, 3.63) is 67.8 Å². The molecule has 0 saturated carbocycles. The molecule has 1 aromatic heterocycles. The number of carbonyl (C=O) groups is 1. The molecule has 36 heavy (non-hydrogen) atoms. The number of anilines is 1. The van der Waals surface area contributed by atoms with Gasteiger partial charge in [0.2, 0.25) is 0 Å². The lowest BCUT2D eigenvalue weighted by atomic mass is 10.0. The third kappa shape index (κ3) is 5.26. The second kappa shape index (κ2) is 11.4. The summed E-state index contributed by atoms with van der Waals surface area (Å²) in [6.45, 7) is 8.11. The highest BCUT2D eigenvalue weighted by molar-refractivity contribution is 8.26. The van der Waals surface area contributed by atoms with Crippen LogP contribution in [0.3, 0.4) is 0 Å². The Kier molecular flexibility index (Phi) is 8.29. The SMILES string of the molecule is CCCCn1c(N2CCN(C)CC2)c(/C=C2\SC(=S)N(Cc3ccccc3)C2=O)c(C)c(C#N)c1=O. The van der Waals surface area contributed by atoms with Crippen molar-refractivity contribution in [2.24, 2.45) is 0 Å². The van der Waals surface area contributed by atoms with Crippen molar-refractivity contribution in [3.63, 3.8) is 0 Å². The average molecular weight is 522 g/mol. The van der Waals surface area contributed by atoms with Crippen LogP contribution in [0.4, 0.5) is 5.82 Å². The van der Waals surface area contributed by atoms with Gasteiger partial charge in [-0.25, -0.2) is 0 Å². The first-order valence-electron chi connectivity index (χ1n) is 12.3. The number of thioether (sulfide) groups is 1. The monoisotopic (exact) mass is 521 g/mol. The van der Waals surface area contributed by atoms with Crippen LogP contribution in [0.5, 0.6) is 0 Å². The lowest BCUT2D eigenvalue weighted by molar-refractivity contribution is -0.122. The number of rotatable bonds is 7. The molecule has 0 radical (unpaired) electrons. The Morgan fingerprint density at radius 2 is 1.83 bits per heavy atom. The zero-order chi connectivity index (χ0) is 25.8. The molecule has 7 nitrogen and oxygen atoms in total. The van der Waals surface area contributed by atoms with Gasteiger partial charge < -0.3 is 9.80 Å². The summed E-state index contributed by atoms with van der Waals surface area (Å²) in [5, 5.41) is 9.87. The van der Waals surface area contributed by atoms with E-state index in [9.17, 15) is 14.9 Å². The Bertz CT molecular complexity index is 1290. The molecule has 2 saturated heterocycles. The van der Waals surface area contributed by atoms with Crippen molar-refractivity contribution < 1.29 is 4.79 Å². The van der Waals surface area contributed by atoms with Crippen LogP contribution in [0.2, 0.25) is 0 Å². The van der Waals surface area contributed by atoms with Crippen molar-refractivity contribution in [1.29, 1.82) is 5.26 Å². The molecule has 0 bridgehead atoms. The summed E-state index contributed by atoms with van der Waals surface area (Å²) in [6, 6.07) is 11.9. The third-order valence-electron chi connectivity index (χ3n) is 6.72. The average Bonchev–Trinajstić information content (AvgIpc) is 3.14. The molecule has 1 amide bonds.